The Morgan fingerprint density at radius 3 is 2.36 bits per heavy atom. The summed E-state index contributed by atoms with van der Waals surface area (Å²) in [6.45, 7) is 3.04. The van der Waals surface area contributed by atoms with Gasteiger partial charge < -0.3 is 24.2 Å². The molecule has 0 fully saturated rings. The Labute approximate surface area is 164 Å². The Bertz CT molecular complexity index is 840. The van der Waals surface area contributed by atoms with Gasteiger partial charge in [-0.15, -0.1) is 0 Å². The number of allylic oxidation sites excluding steroid dienone is 1. The molecule has 0 aromatic heterocycles. The molecular formula is C22H25NO5. The third-order valence-corrected chi connectivity index (χ3v) is 4.74. The third kappa shape index (κ3) is 4.59. The fourth-order valence-corrected chi connectivity index (χ4v) is 3.20. The lowest BCUT2D eigenvalue weighted by Crippen LogP contribution is -3.11. The number of hydrogen-bond donors (Lipinski definition) is 1. The van der Waals surface area contributed by atoms with E-state index in [1.165, 1.54) is 6.07 Å². The van der Waals surface area contributed by atoms with Crippen LogP contribution < -0.4 is 14.7 Å². The van der Waals surface area contributed by atoms with Gasteiger partial charge in [0.2, 0.25) is 5.78 Å². The molecule has 0 saturated carbocycles. The van der Waals surface area contributed by atoms with E-state index in [1.807, 2.05) is 30.3 Å². The lowest BCUT2D eigenvalue weighted by atomic mass is 10.0. The molecule has 0 aliphatic carbocycles. The first-order valence-corrected chi connectivity index (χ1v) is 9.27. The minimum absolute atomic E-state index is 0.125. The summed E-state index contributed by atoms with van der Waals surface area (Å²) >= 11 is 0. The van der Waals surface area contributed by atoms with Crippen LogP contribution in [0.25, 0.3) is 6.08 Å². The molecule has 1 aliphatic heterocycles. The smallest absolute Gasteiger partial charge is 0.231 e. The molecule has 0 amide bonds. The lowest BCUT2D eigenvalue weighted by molar-refractivity contribution is -0.914. The predicted molar refractivity (Wildman–Crippen MR) is 103 cm³/mol. The molecule has 2 aromatic rings. The molecule has 6 heteroatoms. The number of fused-ring (bicyclic) bond motifs is 1. The molecule has 0 bridgehead atoms. The number of benzene rings is 2. The summed E-state index contributed by atoms with van der Waals surface area (Å²) in [7, 11) is 3.30. The van der Waals surface area contributed by atoms with Crippen molar-refractivity contribution in [1.29, 1.82) is 0 Å². The van der Waals surface area contributed by atoms with E-state index in [9.17, 15) is 9.90 Å². The Kier molecular flexibility index (Phi) is 6.81. The second-order valence-electron chi connectivity index (χ2n) is 6.68. The minimum atomic E-state index is -0.199. The maximum atomic E-state index is 12.8. The minimum Gasteiger partial charge on any atom is -0.872 e. The summed E-state index contributed by atoms with van der Waals surface area (Å²) in [6, 6.07) is 12.5. The normalized spacial score (nSPS) is 14.5. The molecule has 0 spiro atoms. The molecule has 28 heavy (non-hydrogen) atoms. The first kappa shape index (κ1) is 20.1. The quantitative estimate of drug-likeness (QED) is 0.656. The number of ether oxygens (including phenoxy) is 3. The Balaban J connectivity index is 1.88. The highest BCUT2D eigenvalue weighted by molar-refractivity contribution is 6.14. The van der Waals surface area contributed by atoms with Crippen molar-refractivity contribution in [3.05, 3.63) is 64.9 Å². The number of ketones is 1. The zero-order valence-corrected chi connectivity index (χ0v) is 16.2. The summed E-state index contributed by atoms with van der Waals surface area (Å²) in [5, 5.41) is 12.5. The number of nitrogens with one attached hydrogen (secondary N) is 1. The molecule has 2 aromatic carbocycles. The fraction of sp³-hybridized carbons (Fsp3) is 0.318. The van der Waals surface area contributed by atoms with Crippen molar-refractivity contribution in [3.8, 4) is 11.5 Å². The Hall–Kier alpha value is -2.67. The van der Waals surface area contributed by atoms with E-state index in [0.29, 0.717) is 36.6 Å². The van der Waals surface area contributed by atoms with Gasteiger partial charge in [0.1, 0.15) is 25.4 Å². The van der Waals surface area contributed by atoms with Gasteiger partial charge in [-0.2, -0.15) is 0 Å². The summed E-state index contributed by atoms with van der Waals surface area (Å²) in [4.78, 5) is 13.9. The second-order valence-corrected chi connectivity index (χ2v) is 6.68. The monoisotopic (exact) mass is 383 g/mol. The van der Waals surface area contributed by atoms with Crippen molar-refractivity contribution >= 4 is 11.9 Å². The van der Waals surface area contributed by atoms with E-state index in [0.717, 1.165) is 23.6 Å². The average Bonchev–Trinajstić information content (AvgIpc) is 3.02. The van der Waals surface area contributed by atoms with Gasteiger partial charge in [-0.1, -0.05) is 42.1 Å². The number of Topliss-reactive ketones (excluding diaryl/α,β-unsaturated/α-hetero) is 1. The number of carbonyl (C=O) groups is 1. The molecule has 0 radical (unpaired) electrons. The summed E-state index contributed by atoms with van der Waals surface area (Å²) in [5.74, 6) is 0.297. The Morgan fingerprint density at radius 2 is 1.71 bits per heavy atom. The summed E-state index contributed by atoms with van der Waals surface area (Å²) in [5.41, 5.74) is 1.83. The standard InChI is InChI=1S/C22H25NO5/c1-26-12-10-23(11-13-27-2)15-18-19(24)9-8-17-21(25)20(28-22(17)18)14-16-6-4-3-5-7-16/h3-9,14,24H,10-13,15H2,1-2H3. The highest BCUT2D eigenvalue weighted by Crippen LogP contribution is 2.38. The molecule has 0 saturated heterocycles. The topological polar surface area (TPSA) is 72.3 Å². The van der Waals surface area contributed by atoms with E-state index in [1.54, 1.807) is 26.4 Å². The molecule has 6 nitrogen and oxygen atoms in total. The van der Waals surface area contributed by atoms with Crippen LogP contribution in [0.1, 0.15) is 21.5 Å². The van der Waals surface area contributed by atoms with E-state index < -0.39 is 0 Å². The van der Waals surface area contributed by atoms with Gasteiger partial charge in [0.05, 0.1) is 18.8 Å². The molecule has 3 rings (SSSR count). The lowest BCUT2D eigenvalue weighted by Gasteiger charge is -2.23. The average molecular weight is 383 g/mol. The molecule has 1 N–H and O–H groups in total. The summed E-state index contributed by atoms with van der Waals surface area (Å²) in [6.07, 6.45) is 1.71. The Morgan fingerprint density at radius 1 is 1.04 bits per heavy atom. The van der Waals surface area contributed by atoms with Gasteiger partial charge in [0.15, 0.2) is 5.76 Å². The molecule has 148 valence electrons. The maximum Gasteiger partial charge on any atom is 0.231 e. The van der Waals surface area contributed by atoms with E-state index in [4.69, 9.17) is 14.2 Å². The van der Waals surface area contributed by atoms with Gasteiger partial charge >= 0.3 is 0 Å². The first-order chi connectivity index (χ1) is 13.6. The van der Waals surface area contributed by atoms with Crippen LogP contribution in [0.2, 0.25) is 0 Å². The van der Waals surface area contributed by atoms with Crippen LogP contribution in [0.5, 0.6) is 11.5 Å². The van der Waals surface area contributed by atoms with Crippen LogP contribution in [0.3, 0.4) is 0 Å². The number of carbonyl (C=O) groups excluding carboxylic acids is 1. The summed E-state index contributed by atoms with van der Waals surface area (Å²) < 4.78 is 16.2. The van der Waals surface area contributed by atoms with Crippen molar-refractivity contribution < 1.29 is 29.0 Å². The number of methoxy groups -OCH3 is 2. The largest absolute Gasteiger partial charge is 0.872 e. The van der Waals surface area contributed by atoms with Gasteiger partial charge in [0, 0.05) is 19.8 Å². The van der Waals surface area contributed by atoms with Crippen LogP contribution in [-0.2, 0) is 16.0 Å². The van der Waals surface area contributed by atoms with E-state index in [2.05, 4.69) is 0 Å². The maximum absolute atomic E-state index is 12.8. The molecule has 1 aliphatic rings. The van der Waals surface area contributed by atoms with E-state index >= 15 is 0 Å². The van der Waals surface area contributed by atoms with Crippen molar-refractivity contribution in [1.82, 2.24) is 0 Å². The van der Waals surface area contributed by atoms with Crippen LogP contribution in [-0.4, -0.2) is 46.3 Å². The highest BCUT2D eigenvalue weighted by Gasteiger charge is 2.31. The van der Waals surface area contributed by atoms with Crippen molar-refractivity contribution in [2.45, 2.75) is 6.54 Å². The van der Waals surface area contributed by atoms with Gasteiger partial charge in [-0.3, -0.25) is 4.79 Å². The van der Waals surface area contributed by atoms with Gasteiger partial charge in [0.25, 0.3) is 0 Å². The third-order valence-electron chi connectivity index (χ3n) is 4.74. The van der Waals surface area contributed by atoms with Crippen LogP contribution in [0.4, 0.5) is 0 Å². The molecule has 0 unspecified atom stereocenters. The molecule has 1 heterocycles. The zero-order chi connectivity index (χ0) is 19.9. The molecular weight excluding hydrogens is 358 g/mol. The van der Waals surface area contributed by atoms with Gasteiger partial charge in [-0.25, -0.2) is 0 Å². The van der Waals surface area contributed by atoms with Crippen molar-refractivity contribution in [2.24, 2.45) is 0 Å². The van der Waals surface area contributed by atoms with Crippen LogP contribution >= 0.6 is 0 Å². The fourth-order valence-electron chi connectivity index (χ4n) is 3.20. The van der Waals surface area contributed by atoms with Crippen LogP contribution in [0, 0.1) is 0 Å². The van der Waals surface area contributed by atoms with Gasteiger partial charge in [-0.05, 0) is 17.7 Å². The highest BCUT2D eigenvalue weighted by atomic mass is 16.5. The van der Waals surface area contributed by atoms with Crippen molar-refractivity contribution in [2.75, 3.05) is 40.5 Å². The number of quaternary nitrogens is 1. The number of hydrogen-bond acceptors (Lipinski definition) is 5. The zero-order valence-electron chi connectivity index (χ0n) is 16.2. The number of rotatable bonds is 9. The first-order valence-electron chi connectivity index (χ1n) is 9.27. The molecule has 0 atom stereocenters. The van der Waals surface area contributed by atoms with E-state index in [-0.39, 0.29) is 17.3 Å². The predicted octanol–water partition coefficient (Wildman–Crippen LogP) is 1.05. The second kappa shape index (κ2) is 9.50. The van der Waals surface area contributed by atoms with Crippen molar-refractivity contribution in [3.63, 3.8) is 0 Å². The SMILES string of the molecule is COCC[NH+](CCOC)Cc1c([O-])ccc2c1OC(=Cc1ccccc1)C2=O. The van der Waals surface area contributed by atoms with Crippen LogP contribution in [0.15, 0.2) is 48.2 Å².